The molecule has 0 bridgehead atoms. The number of carbonyl (C=O) groups excluding carboxylic acids is 1. The molecule has 3 nitrogen and oxygen atoms in total. The van der Waals surface area contributed by atoms with Crippen LogP contribution in [0.4, 0.5) is 0 Å². The Hall–Kier alpha value is -1.22. The van der Waals surface area contributed by atoms with E-state index >= 15 is 0 Å². The number of hydrogen-bond acceptors (Lipinski definition) is 3. The molecule has 0 radical (unpaired) electrons. The van der Waals surface area contributed by atoms with E-state index < -0.39 is 11.6 Å². The van der Waals surface area contributed by atoms with Gasteiger partial charge in [-0.3, -0.25) is 0 Å². The third-order valence-electron chi connectivity index (χ3n) is 2.19. The Morgan fingerprint density at radius 1 is 1.38 bits per heavy atom. The molecule has 4 heteroatoms. The number of carbonyl (C=O) groups is 1. The van der Waals surface area contributed by atoms with E-state index in [1.54, 1.807) is 26.0 Å². The lowest BCUT2D eigenvalue weighted by molar-refractivity contribution is -0.156. The second-order valence-corrected chi connectivity index (χ2v) is 4.45. The van der Waals surface area contributed by atoms with E-state index in [-0.39, 0.29) is 0 Å². The molecule has 1 rings (SSSR count). The topological polar surface area (TPSA) is 35.5 Å². The molecule has 0 atom stereocenters. The van der Waals surface area contributed by atoms with Gasteiger partial charge in [0.05, 0.1) is 7.11 Å². The van der Waals surface area contributed by atoms with Gasteiger partial charge in [-0.05, 0) is 38.5 Å². The summed E-state index contributed by atoms with van der Waals surface area (Å²) in [6, 6.07) is 5.29. The van der Waals surface area contributed by atoms with E-state index in [9.17, 15) is 4.79 Å². The van der Waals surface area contributed by atoms with E-state index in [4.69, 9.17) is 16.3 Å². The number of methoxy groups -OCH3 is 1. The highest BCUT2D eigenvalue weighted by atomic mass is 35.5. The van der Waals surface area contributed by atoms with Crippen LogP contribution in [-0.2, 0) is 9.53 Å². The van der Waals surface area contributed by atoms with Gasteiger partial charge in [-0.15, -0.1) is 0 Å². The molecule has 0 fully saturated rings. The normalized spacial score (nSPS) is 11.1. The minimum absolute atomic E-state index is 0.424. The summed E-state index contributed by atoms with van der Waals surface area (Å²) in [7, 11) is 1.33. The van der Waals surface area contributed by atoms with Crippen LogP contribution in [0.2, 0.25) is 5.02 Å². The highest BCUT2D eigenvalue weighted by Gasteiger charge is 2.31. The first-order valence-electron chi connectivity index (χ1n) is 4.90. The summed E-state index contributed by atoms with van der Waals surface area (Å²) in [4.78, 5) is 11.5. The third-order valence-corrected chi connectivity index (χ3v) is 2.43. The molecule has 0 heterocycles. The Labute approximate surface area is 100 Å². The Morgan fingerprint density at radius 2 is 2.00 bits per heavy atom. The lowest BCUT2D eigenvalue weighted by Crippen LogP contribution is -2.39. The quantitative estimate of drug-likeness (QED) is 0.765. The highest BCUT2D eigenvalue weighted by molar-refractivity contribution is 6.30. The van der Waals surface area contributed by atoms with Crippen LogP contribution in [0.25, 0.3) is 0 Å². The first-order valence-corrected chi connectivity index (χ1v) is 5.28. The molecule has 0 aliphatic rings. The summed E-state index contributed by atoms with van der Waals surface area (Å²) in [6.45, 7) is 5.19. The van der Waals surface area contributed by atoms with Crippen LogP contribution in [0.15, 0.2) is 18.2 Å². The zero-order valence-electron chi connectivity index (χ0n) is 9.83. The number of ether oxygens (including phenoxy) is 2. The molecule has 1 aromatic rings. The standard InChI is InChI=1S/C12H15ClO3/c1-8-5-6-9(13)7-10(8)16-12(2,3)11(14)15-4/h5-7H,1-4H3. The van der Waals surface area contributed by atoms with Crippen molar-refractivity contribution in [3.05, 3.63) is 28.8 Å². The van der Waals surface area contributed by atoms with Crippen LogP contribution in [-0.4, -0.2) is 18.7 Å². The van der Waals surface area contributed by atoms with Crippen molar-refractivity contribution in [2.24, 2.45) is 0 Å². The van der Waals surface area contributed by atoms with Gasteiger partial charge in [0.15, 0.2) is 5.60 Å². The number of halogens is 1. The van der Waals surface area contributed by atoms with Gasteiger partial charge in [0, 0.05) is 5.02 Å². The van der Waals surface area contributed by atoms with E-state index in [0.717, 1.165) is 5.56 Å². The summed E-state index contributed by atoms with van der Waals surface area (Å²) in [5.41, 5.74) is -0.106. The fraction of sp³-hybridized carbons (Fsp3) is 0.417. The molecule has 0 amide bonds. The lowest BCUT2D eigenvalue weighted by atomic mass is 10.1. The van der Waals surface area contributed by atoms with Crippen molar-refractivity contribution >= 4 is 17.6 Å². The number of aryl methyl sites for hydroxylation is 1. The maximum atomic E-state index is 11.5. The van der Waals surface area contributed by atoms with Crippen LogP contribution in [0.5, 0.6) is 5.75 Å². The van der Waals surface area contributed by atoms with Gasteiger partial charge in [0.2, 0.25) is 0 Å². The molecule has 0 aromatic heterocycles. The number of benzene rings is 1. The predicted molar refractivity (Wildman–Crippen MR) is 62.9 cm³/mol. The van der Waals surface area contributed by atoms with Crippen LogP contribution < -0.4 is 4.74 Å². The average Bonchev–Trinajstić information content (AvgIpc) is 2.22. The summed E-state index contributed by atoms with van der Waals surface area (Å²) < 4.78 is 10.3. The monoisotopic (exact) mass is 242 g/mol. The van der Waals surface area contributed by atoms with Gasteiger partial charge in [-0.1, -0.05) is 17.7 Å². The minimum atomic E-state index is -1.02. The molecule has 0 aliphatic carbocycles. The minimum Gasteiger partial charge on any atom is -0.476 e. The zero-order valence-corrected chi connectivity index (χ0v) is 10.6. The van der Waals surface area contributed by atoms with E-state index in [2.05, 4.69) is 4.74 Å². The zero-order chi connectivity index (χ0) is 12.3. The second kappa shape index (κ2) is 4.74. The molecule has 1 aromatic carbocycles. The first-order chi connectivity index (χ1) is 7.36. The molecular formula is C12H15ClO3. The van der Waals surface area contributed by atoms with Crippen molar-refractivity contribution in [1.29, 1.82) is 0 Å². The Kier molecular flexibility index (Phi) is 3.81. The number of hydrogen-bond donors (Lipinski definition) is 0. The van der Waals surface area contributed by atoms with E-state index in [0.29, 0.717) is 10.8 Å². The van der Waals surface area contributed by atoms with Crippen molar-refractivity contribution in [2.45, 2.75) is 26.4 Å². The molecule has 0 saturated heterocycles. The fourth-order valence-corrected chi connectivity index (χ4v) is 1.41. The van der Waals surface area contributed by atoms with Gasteiger partial charge >= 0.3 is 5.97 Å². The van der Waals surface area contributed by atoms with Crippen LogP contribution in [0.3, 0.4) is 0 Å². The average molecular weight is 243 g/mol. The third kappa shape index (κ3) is 2.89. The van der Waals surface area contributed by atoms with Crippen molar-refractivity contribution in [1.82, 2.24) is 0 Å². The summed E-state index contributed by atoms with van der Waals surface area (Å²) in [6.07, 6.45) is 0. The predicted octanol–water partition coefficient (Wildman–Crippen LogP) is 2.98. The maximum absolute atomic E-state index is 11.5. The smallest absolute Gasteiger partial charge is 0.349 e. The Bertz CT molecular complexity index is 399. The SMILES string of the molecule is COC(=O)C(C)(C)Oc1cc(Cl)ccc1C. The van der Waals surface area contributed by atoms with Crippen molar-refractivity contribution < 1.29 is 14.3 Å². The van der Waals surface area contributed by atoms with Crippen LogP contribution in [0.1, 0.15) is 19.4 Å². The molecule has 0 unspecified atom stereocenters. The van der Waals surface area contributed by atoms with Crippen molar-refractivity contribution in [2.75, 3.05) is 7.11 Å². The highest BCUT2D eigenvalue weighted by Crippen LogP contribution is 2.26. The van der Waals surface area contributed by atoms with Crippen LogP contribution >= 0.6 is 11.6 Å². The largest absolute Gasteiger partial charge is 0.476 e. The van der Waals surface area contributed by atoms with Gasteiger partial charge in [0.25, 0.3) is 0 Å². The van der Waals surface area contributed by atoms with E-state index in [1.165, 1.54) is 7.11 Å². The van der Waals surface area contributed by atoms with Crippen molar-refractivity contribution in [3.8, 4) is 5.75 Å². The summed E-state index contributed by atoms with van der Waals surface area (Å²) >= 11 is 5.86. The molecule has 88 valence electrons. The first kappa shape index (κ1) is 12.8. The fourth-order valence-electron chi connectivity index (χ4n) is 1.25. The van der Waals surface area contributed by atoms with Crippen LogP contribution in [0, 0.1) is 6.92 Å². The van der Waals surface area contributed by atoms with Gasteiger partial charge in [-0.25, -0.2) is 4.79 Å². The molecule has 0 N–H and O–H groups in total. The number of esters is 1. The second-order valence-electron chi connectivity index (χ2n) is 4.01. The van der Waals surface area contributed by atoms with Gasteiger partial charge in [-0.2, -0.15) is 0 Å². The lowest BCUT2D eigenvalue weighted by Gasteiger charge is -2.24. The van der Waals surface area contributed by atoms with E-state index in [1.807, 2.05) is 13.0 Å². The molecule has 0 saturated carbocycles. The van der Waals surface area contributed by atoms with Crippen molar-refractivity contribution in [3.63, 3.8) is 0 Å². The maximum Gasteiger partial charge on any atom is 0.349 e. The summed E-state index contributed by atoms with van der Waals surface area (Å²) in [5.74, 6) is 0.162. The molecule has 0 spiro atoms. The Balaban J connectivity index is 2.95. The Morgan fingerprint density at radius 3 is 2.56 bits per heavy atom. The summed E-state index contributed by atoms with van der Waals surface area (Å²) in [5, 5.41) is 0.571. The molecule has 0 aliphatic heterocycles. The van der Waals surface area contributed by atoms with Gasteiger partial charge in [0.1, 0.15) is 5.75 Å². The molecular weight excluding hydrogens is 228 g/mol. The number of rotatable bonds is 3. The molecule has 16 heavy (non-hydrogen) atoms. The van der Waals surface area contributed by atoms with Gasteiger partial charge < -0.3 is 9.47 Å².